The van der Waals surface area contributed by atoms with E-state index in [0.29, 0.717) is 23.3 Å². The lowest BCUT2D eigenvalue weighted by atomic mass is 9.92. The number of ketones is 1. The van der Waals surface area contributed by atoms with Gasteiger partial charge >= 0.3 is 17.9 Å². The highest BCUT2D eigenvalue weighted by Crippen LogP contribution is 2.46. The summed E-state index contributed by atoms with van der Waals surface area (Å²) in [5.41, 5.74) is 2.34. The molecule has 1 aliphatic heterocycles. The Morgan fingerprint density at radius 3 is 2.06 bits per heavy atom. The molecule has 0 bridgehead atoms. The first-order valence-corrected chi connectivity index (χ1v) is 10.7. The molecule has 34 heavy (non-hydrogen) atoms. The van der Waals surface area contributed by atoms with Gasteiger partial charge in [-0.3, -0.25) is 19.2 Å². The van der Waals surface area contributed by atoms with Crippen LogP contribution in [0.5, 0.6) is 23.0 Å². The quantitative estimate of drug-likeness (QED) is 0.343. The number of fused-ring (bicyclic) bond motifs is 1. The van der Waals surface area contributed by atoms with Gasteiger partial charge < -0.3 is 18.9 Å². The molecule has 0 aromatic heterocycles. The van der Waals surface area contributed by atoms with Crippen LogP contribution in [0, 0.1) is 0 Å². The summed E-state index contributed by atoms with van der Waals surface area (Å²) in [6.45, 7) is 7.63. The van der Waals surface area contributed by atoms with Crippen molar-refractivity contribution in [1.29, 1.82) is 0 Å². The molecule has 2 aromatic rings. The molecule has 178 valence electrons. The molecule has 1 aliphatic rings. The number of rotatable bonds is 6. The van der Waals surface area contributed by atoms with Crippen LogP contribution >= 0.6 is 0 Å². The van der Waals surface area contributed by atoms with Crippen molar-refractivity contribution in [1.82, 2.24) is 0 Å². The van der Waals surface area contributed by atoms with Crippen LogP contribution in [0.2, 0.25) is 0 Å². The standard InChI is InChI=1S/C26H26O8/c1-14(2)6-11-20-23(32-16(4)28)13-24(33-17(5)29)25-21(30)12-22(34-26(20)25)18-7-9-19(10-8-18)31-15(3)27/h6-10,13,22H,11-12H2,1-5H3. The summed E-state index contributed by atoms with van der Waals surface area (Å²) in [4.78, 5) is 47.9. The maximum absolute atomic E-state index is 13.2. The number of carbonyl (C=O) groups is 4. The van der Waals surface area contributed by atoms with Crippen LogP contribution in [0.1, 0.15) is 68.6 Å². The lowest BCUT2D eigenvalue weighted by Crippen LogP contribution is -2.23. The van der Waals surface area contributed by atoms with Crippen LogP contribution in [-0.4, -0.2) is 23.7 Å². The second kappa shape index (κ2) is 10.3. The van der Waals surface area contributed by atoms with E-state index in [1.165, 1.54) is 26.8 Å². The van der Waals surface area contributed by atoms with Crippen LogP contribution < -0.4 is 18.9 Å². The molecule has 1 atom stereocenters. The second-order valence-electron chi connectivity index (χ2n) is 8.12. The highest BCUT2D eigenvalue weighted by atomic mass is 16.6. The molecule has 1 heterocycles. The van der Waals surface area contributed by atoms with Crippen molar-refractivity contribution in [3.05, 3.63) is 58.7 Å². The Hall–Kier alpha value is -3.94. The van der Waals surface area contributed by atoms with Gasteiger partial charge in [0.05, 0.1) is 6.42 Å². The Morgan fingerprint density at radius 2 is 1.50 bits per heavy atom. The van der Waals surface area contributed by atoms with Gasteiger partial charge in [0.1, 0.15) is 34.7 Å². The summed E-state index contributed by atoms with van der Waals surface area (Å²) in [7, 11) is 0. The third kappa shape index (κ3) is 5.89. The minimum Gasteiger partial charge on any atom is -0.484 e. The largest absolute Gasteiger partial charge is 0.484 e. The van der Waals surface area contributed by atoms with E-state index < -0.39 is 24.0 Å². The molecular formula is C26H26O8. The monoisotopic (exact) mass is 466 g/mol. The third-order valence-electron chi connectivity index (χ3n) is 4.95. The minimum absolute atomic E-state index is 0.00315. The minimum atomic E-state index is -0.644. The first kappa shape index (κ1) is 24.7. The van der Waals surface area contributed by atoms with Crippen LogP contribution in [0.15, 0.2) is 42.0 Å². The molecular weight excluding hydrogens is 440 g/mol. The molecule has 0 radical (unpaired) electrons. The molecule has 0 amide bonds. The van der Waals surface area contributed by atoms with Crippen molar-refractivity contribution in [3.63, 3.8) is 0 Å². The second-order valence-corrected chi connectivity index (χ2v) is 8.12. The smallest absolute Gasteiger partial charge is 0.308 e. The van der Waals surface area contributed by atoms with Crippen molar-refractivity contribution in [3.8, 4) is 23.0 Å². The predicted molar refractivity (Wildman–Crippen MR) is 122 cm³/mol. The average Bonchev–Trinajstić information content (AvgIpc) is 2.72. The third-order valence-corrected chi connectivity index (χ3v) is 4.95. The Morgan fingerprint density at radius 1 is 0.912 bits per heavy atom. The van der Waals surface area contributed by atoms with Crippen molar-refractivity contribution < 1.29 is 38.1 Å². The summed E-state index contributed by atoms with van der Waals surface area (Å²) in [6, 6.07) is 8.03. The highest BCUT2D eigenvalue weighted by Gasteiger charge is 2.35. The van der Waals surface area contributed by atoms with E-state index in [9.17, 15) is 19.2 Å². The Kier molecular flexibility index (Phi) is 7.50. The normalized spacial score (nSPS) is 14.4. The molecule has 0 fully saturated rings. The van der Waals surface area contributed by atoms with Gasteiger partial charge in [-0.25, -0.2) is 0 Å². The molecule has 0 N–H and O–H groups in total. The molecule has 3 rings (SSSR count). The van der Waals surface area contributed by atoms with Gasteiger partial charge in [-0.05, 0) is 38.0 Å². The number of carbonyl (C=O) groups excluding carboxylic acids is 4. The molecule has 8 heteroatoms. The van der Waals surface area contributed by atoms with Crippen LogP contribution in [0.3, 0.4) is 0 Å². The number of ether oxygens (including phenoxy) is 4. The van der Waals surface area contributed by atoms with E-state index in [1.807, 2.05) is 19.9 Å². The number of esters is 3. The Bertz CT molecular complexity index is 1170. The lowest BCUT2D eigenvalue weighted by Gasteiger charge is -2.29. The maximum atomic E-state index is 13.2. The lowest BCUT2D eigenvalue weighted by molar-refractivity contribution is -0.133. The maximum Gasteiger partial charge on any atom is 0.308 e. The number of hydrogen-bond donors (Lipinski definition) is 0. The number of hydrogen-bond acceptors (Lipinski definition) is 8. The van der Waals surface area contributed by atoms with Crippen LogP contribution in [0.4, 0.5) is 0 Å². The summed E-state index contributed by atoms with van der Waals surface area (Å²) in [6.07, 6.45) is 1.61. The van der Waals surface area contributed by atoms with Crippen molar-refractivity contribution in [2.45, 2.75) is 53.6 Å². The van der Waals surface area contributed by atoms with Gasteiger partial charge in [-0.15, -0.1) is 0 Å². The van der Waals surface area contributed by atoms with Gasteiger partial charge in [0.25, 0.3) is 0 Å². The summed E-state index contributed by atoms with van der Waals surface area (Å²) < 4.78 is 22.0. The van der Waals surface area contributed by atoms with Crippen LogP contribution in [-0.2, 0) is 20.8 Å². The molecule has 0 saturated heterocycles. The fourth-order valence-corrected chi connectivity index (χ4v) is 3.58. The van der Waals surface area contributed by atoms with Crippen molar-refractivity contribution in [2.24, 2.45) is 0 Å². The topological polar surface area (TPSA) is 105 Å². The molecule has 8 nitrogen and oxygen atoms in total. The molecule has 0 aliphatic carbocycles. The van der Waals surface area contributed by atoms with Crippen molar-refractivity contribution >= 4 is 23.7 Å². The van der Waals surface area contributed by atoms with Gasteiger partial charge in [-0.2, -0.15) is 0 Å². The van der Waals surface area contributed by atoms with Crippen molar-refractivity contribution in [2.75, 3.05) is 0 Å². The fourth-order valence-electron chi connectivity index (χ4n) is 3.58. The molecule has 1 unspecified atom stereocenters. The highest BCUT2D eigenvalue weighted by molar-refractivity contribution is 6.04. The predicted octanol–water partition coefficient (Wildman–Crippen LogP) is 4.68. The van der Waals surface area contributed by atoms with Gasteiger partial charge in [-0.1, -0.05) is 23.8 Å². The van der Waals surface area contributed by atoms with E-state index in [0.717, 1.165) is 5.57 Å². The zero-order chi connectivity index (χ0) is 25.0. The zero-order valence-corrected chi connectivity index (χ0v) is 19.7. The van der Waals surface area contributed by atoms with Crippen LogP contribution in [0.25, 0.3) is 0 Å². The van der Waals surface area contributed by atoms with Gasteiger partial charge in [0.15, 0.2) is 5.78 Å². The van der Waals surface area contributed by atoms with E-state index in [1.54, 1.807) is 24.3 Å². The Labute approximate surface area is 197 Å². The van der Waals surface area contributed by atoms with E-state index >= 15 is 0 Å². The zero-order valence-electron chi connectivity index (χ0n) is 19.7. The number of Topliss-reactive ketones (excluding diaryl/α,β-unsaturated/α-hetero) is 1. The summed E-state index contributed by atoms with van der Waals surface area (Å²) in [5, 5.41) is 0. The Balaban J connectivity index is 2.12. The fraction of sp³-hybridized carbons (Fsp3) is 0.308. The molecule has 2 aromatic carbocycles. The molecule has 0 saturated carbocycles. The number of benzene rings is 2. The first-order valence-electron chi connectivity index (χ1n) is 10.7. The summed E-state index contributed by atoms with van der Waals surface area (Å²) in [5.74, 6) is -1.19. The first-order chi connectivity index (χ1) is 16.0. The van der Waals surface area contributed by atoms with E-state index in [-0.39, 0.29) is 35.0 Å². The van der Waals surface area contributed by atoms with Gasteiger partial charge in [0.2, 0.25) is 0 Å². The van der Waals surface area contributed by atoms with E-state index in [4.69, 9.17) is 18.9 Å². The molecule has 0 spiro atoms. The summed E-state index contributed by atoms with van der Waals surface area (Å²) >= 11 is 0. The SMILES string of the molecule is CC(=O)Oc1ccc(C2CC(=O)c3c(OC(C)=O)cc(OC(C)=O)c(CC=C(C)C)c3O2)cc1. The van der Waals surface area contributed by atoms with Gasteiger partial charge in [0, 0.05) is 32.4 Å². The number of allylic oxidation sites excluding steroid dienone is 2. The average molecular weight is 466 g/mol. The van der Waals surface area contributed by atoms with E-state index in [2.05, 4.69) is 0 Å².